The lowest BCUT2D eigenvalue weighted by Gasteiger charge is -2.05. The van der Waals surface area contributed by atoms with Gasteiger partial charge in [0, 0.05) is 22.9 Å². The fraction of sp³-hybridized carbons (Fsp3) is 0.304. The summed E-state index contributed by atoms with van der Waals surface area (Å²) in [5, 5.41) is 10.2. The first-order valence-electron chi connectivity index (χ1n) is 10.3. The number of carbonyl (C=O) groups excluding carboxylic acids is 2. The Bertz CT molecular complexity index is 1160. The number of nitrogens with zero attached hydrogens (tertiary/aromatic N) is 4. The van der Waals surface area contributed by atoms with Crippen molar-refractivity contribution in [2.24, 2.45) is 5.84 Å². The van der Waals surface area contributed by atoms with Crippen molar-refractivity contribution in [2.45, 2.75) is 39.8 Å². The lowest BCUT2D eigenvalue weighted by atomic mass is 10.2. The summed E-state index contributed by atoms with van der Waals surface area (Å²) in [6.07, 6.45) is 0. The van der Waals surface area contributed by atoms with Gasteiger partial charge in [-0.25, -0.2) is 10.6 Å². The van der Waals surface area contributed by atoms with Crippen LogP contribution in [0.1, 0.15) is 60.8 Å². The van der Waals surface area contributed by atoms with Crippen molar-refractivity contribution in [1.29, 1.82) is 0 Å². The molecule has 2 heterocycles. The highest BCUT2D eigenvalue weighted by molar-refractivity contribution is 6.04. The average Bonchev–Trinajstić information content (AvgIpc) is 3.38. The Morgan fingerprint density at radius 2 is 1.28 bits per heavy atom. The number of hydrogen-bond donors (Lipinski definition) is 2. The van der Waals surface area contributed by atoms with Crippen LogP contribution < -0.4 is 11.3 Å². The van der Waals surface area contributed by atoms with Crippen LogP contribution in [-0.4, -0.2) is 38.5 Å². The van der Waals surface area contributed by atoms with Gasteiger partial charge < -0.3 is 4.74 Å². The number of fused-ring (bicyclic) bond motifs is 2. The highest BCUT2D eigenvalue weighted by atomic mass is 16.5. The molecule has 3 N–H and O–H groups in total. The minimum atomic E-state index is -0.393. The maximum Gasteiger partial charge on any atom is 0.359 e. The normalized spacial score (nSPS) is 11.0. The van der Waals surface area contributed by atoms with Crippen LogP contribution in [0.2, 0.25) is 0 Å². The standard InChI is InChI=1S/C12H14N2O2.C11H14N4O/c1-8(2)14-10-7-5-4-6-9(10)11(13-14)12(15)16-3;1-7(2)15-9-6-4-3-5-8(9)10(14-15)11(16)13-12/h4-8H,1-3H3;3-7H,12H2,1-2H3,(H,13,16). The predicted octanol–water partition coefficient (Wildman–Crippen LogP) is 3.62. The Hall–Kier alpha value is -3.72. The zero-order valence-corrected chi connectivity index (χ0v) is 18.9. The van der Waals surface area contributed by atoms with Gasteiger partial charge in [0.2, 0.25) is 0 Å². The molecule has 0 bridgehead atoms. The first kappa shape index (κ1) is 23.0. The van der Waals surface area contributed by atoms with E-state index in [1.807, 2.05) is 85.6 Å². The zero-order valence-electron chi connectivity index (χ0n) is 18.9. The molecule has 168 valence electrons. The molecule has 4 rings (SSSR count). The molecule has 32 heavy (non-hydrogen) atoms. The number of nitrogen functional groups attached to an aromatic ring is 1. The van der Waals surface area contributed by atoms with Crippen LogP contribution in [0.5, 0.6) is 0 Å². The van der Waals surface area contributed by atoms with Crippen molar-refractivity contribution in [2.75, 3.05) is 7.11 Å². The average molecular weight is 437 g/mol. The summed E-state index contributed by atoms with van der Waals surface area (Å²) in [7, 11) is 1.37. The molecule has 0 aliphatic carbocycles. The fourth-order valence-corrected chi connectivity index (χ4v) is 3.45. The SMILES string of the molecule is CC(C)n1nc(C(=O)NN)c2ccccc21.COC(=O)c1nn(C(C)C)c2ccccc12. The van der Waals surface area contributed by atoms with Crippen molar-refractivity contribution in [3.63, 3.8) is 0 Å². The summed E-state index contributed by atoms with van der Waals surface area (Å²) >= 11 is 0. The van der Waals surface area contributed by atoms with Crippen LogP contribution >= 0.6 is 0 Å². The van der Waals surface area contributed by atoms with Crippen molar-refractivity contribution in [3.8, 4) is 0 Å². The van der Waals surface area contributed by atoms with Gasteiger partial charge >= 0.3 is 5.97 Å². The Morgan fingerprint density at radius 1 is 0.844 bits per heavy atom. The molecule has 9 heteroatoms. The largest absolute Gasteiger partial charge is 0.464 e. The summed E-state index contributed by atoms with van der Waals surface area (Å²) in [6, 6.07) is 15.7. The Kier molecular flexibility index (Phi) is 6.89. The second-order valence-corrected chi connectivity index (χ2v) is 7.77. The van der Waals surface area contributed by atoms with E-state index in [2.05, 4.69) is 15.6 Å². The minimum Gasteiger partial charge on any atom is -0.464 e. The Balaban J connectivity index is 0.000000181. The van der Waals surface area contributed by atoms with Crippen molar-refractivity contribution < 1.29 is 14.3 Å². The number of rotatable bonds is 4. The molecular weight excluding hydrogens is 408 g/mol. The van der Waals surface area contributed by atoms with E-state index in [0.29, 0.717) is 11.4 Å². The van der Waals surface area contributed by atoms with E-state index < -0.39 is 5.97 Å². The van der Waals surface area contributed by atoms with E-state index in [9.17, 15) is 9.59 Å². The van der Waals surface area contributed by atoms with E-state index in [4.69, 9.17) is 10.6 Å². The summed E-state index contributed by atoms with van der Waals surface area (Å²) in [6.45, 7) is 8.09. The number of nitrogens with two attached hydrogens (primary N) is 1. The third-order valence-corrected chi connectivity index (χ3v) is 4.93. The van der Waals surface area contributed by atoms with Crippen LogP contribution in [0, 0.1) is 0 Å². The summed E-state index contributed by atoms with van der Waals surface area (Å²) in [5.41, 5.74) is 4.76. The van der Waals surface area contributed by atoms with Crippen molar-refractivity contribution in [3.05, 3.63) is 59.9 Å². The second-order valence-electron chi connectivity index (χ2n) is 7.77. The quantitative estimate of drug-likeness (QED) is 0.218. The molecule has 9 nitrogen and oxygen atoms in total. The Labute approximate surface area is 186 Å². The first-order chi connectivity index (χ1) is 15.3. The molecule has 0 aliphatic heterocycles. The smallest absolute Gasteiger partial charge is 0.359 e. The van der Waals surface area contributed by atoms with Gasteiger partial charge in [-0.05, 0) is 39.8 Å². The summed E-state index contributed by atoms with van der Waals surface area (Å²) in [4.78, 5) is 23.1. The number of hydrogen-bond acceptors (Lipinski definition) is 6. The van der Waals surface area contributed by atoms with Crippen LogP contribution in [-0.2, 0) is 4.74 Å². The second kappa shape index (κ2) is 9.61. The number of amides is 1. The van der Waals surface area contributed by atoms with Crippen LogP contribution in [0.3, 0.4) is 0 Å². The maximum absolute atomic E-state index is 11.6. The monoisotopic (exact) mass is 436 g/mol. The van der Waals surface area contributed by atoms with Gasteiger partial charge in [-0.1, -0.05) is 36.4 Å². The lowest BCUT2D eigenvalue weighted by Crippen LogP contribution is -2.30. The van der Waals surface area contributed by atoms with Crippen LogP contribution in [0.15, 0.2) is 48.5 Å². The number of hydrazine groups is 1. The van der Waals surface area contributed by atoms with E-state index in [1.54, 1.807) is 0 Å². The number of nitrogens with one attached hydrogen (secondary N) is 1. The molecule has 0 aliphatic rings. The number of benzene rings is 2. The molecule has 2 aromatic heterocycles. The third-order valence-electron chi connectivity index (χ3n) is 4.93. The van der Waals surface area contributed by atoms with Gasteiger partial charge in [0.25, 0.3) is 5.91 Å². The number of carbonyl (C=O) groups is 2. The molecule has 0 fully saturated rings. The molecule has 1 amide bonds. The van der Waals surface area contributed by atoms with Gasteiger partial charge in [0.05, 0.1) is 18.1 Å². The van der Waals surface area contributed by atoms with Crippen molar-refractivity contribution in [1.82, 2.24) is 25.0 Å². The van der Waals surface area contributed by atoms with Gasteiger partial charge in [0.1, 0.15) is 0 Å². The lowest BCUT2D eigenvalue weighted by molar-refractivity contribution is 0.0594. The molecule has 0 radical (unpaired) electrons. The number of methoxy groups -OCH3 is 1. The molecule has 0 saturated heterocycles. The Morgan fingerprint density at radius 3 is 1.72 bits per heavy atom. The summed E-state index contributed by atoms with van der Waals surface area (Å²) in [5.74, 6) is 4.37. The third kappa shape index (κ3) is 4.33. The highest BCUT2D eigenvalue weighted by Gasteiger charge is 2.18. The molecule has 4 aromatic rings. The van der Waals surface area contributed by atoms with E-state index in [0.717, 1.165) is 21.8 Å². The number of ether oxygens (including phenoxy) is 1. The van der Waals surface area contributed by atoms with E-state index in [1.165, 1.54) is 7.11 Å². The first-order valence-corrected chi connectivity index (χ1v) is 10.3. The molecule has 2 aromatic carbocycles. The summed E-state index contributed by atoms with van der Waals surface area (Å²) < 4.78 is 8.38. The molecule has 0 spiro atoms. The predicted molar refractivity (Wildman–Crippen MR) is 123 cm³/mol. The number of esters is 1. The van der Waals surface area contributed by atoms with E-state index >= 15 is 0 Å². The maximum atomic E-state index is 11.6. The van der Waals surface area contributed by atoms with Gasteiger partial charge in [-0.2, -0.15) is 10.2 Å². The minimum absolute atomic E-state index is 0.198. The number of aromatic nitrogens is 4. The molecule has 0 saturated carbocycles. The molecule has 0 atom stereocenters. The zero-order chi connectivity index (χ0) is 23.4. The molecule has 0 unspecified atom stereocenters. The fourth-order valence-electron chi connectivity index (χ4n) is 3.45. The van der Waals surface area contributed by atoms with Gasteiger partial charge in [-0.15, -0.1) is 0 Å². The van der Waals surface area contributed by atoms with Crippen LogP contribution in [0.4, 0.5) is 0 Å². The van der Waals surface area contributed by atoms with E-state index in [-0.39, 0.29) is 18.0 Å². The number of para-hydroxylation sites is 2. The van der Waals surface area contributed by atoms with Gasteiger partial charge in [-0.3, -0.25) is 19.6 Å². The van der Waals surface area contributed by atoms with Gasteiger partial charge in [0.15, 0.2) is 11.4 Å². The topological polar surface area (TPSA) is 117 Å². The van der Waals surface area contributed by atoms with Crippen molar-refractivity contribution >= 4 is 33.7 Å². The highest BCUT2D eigenvalue weighted by Crippen LogP contribution is 2.22. The van der Waals surface area contributed by atoms with Crippen LogP contribution in [0.25, 0.3) is 21.8 Å². The molecular formula is C23H28N6O3.